The lowest BCUT2D eigenvalue weighted by molar-refractivity contribution is 0.396. The highest BCUT2D eigenvalue weighted by molar-refractivity contribution is 7.18. The first-order valence-electron chi connectivity index (χ1n) is 7.77. The summed E-state index contributed by atoms with van der Waals surface area (Å²) >= 11 is 1.64. The second-order valence-corrected chi connectivity index (χ2v) is 7.10. The maximum absolute atomic E-state index is 4.36. The van der Waals surface area contributed by atoms with Gasteiger partial charge in [0.25, 0.3) is 0 Å². The number of nitrogens with one attached hydrogen (secondary N) is 1. The van der Waals surface area contributed by atoms with Crippen molar-refractivity contribution in [1.29, 1.82) is 0 Å². The Balaban J connectivity index is 1.97. The molecule has 0 saturated carbocycles. The fourth-order valence-electron chi connectivity index (χ4n) is 2.66. The van der Waals surface area contributed by atoms with Crippen LogP contribution in [0.4, 0.5) is 5.13 Å². The van der Waals surface area contributed by atoms with Gasteiger partial charge in [-0.15, -0.1) is 10.2 Å². The van der Waals surface area contributed by atoms with E-state index in [1.54, 1.807) is 11.3 Å². The summed E-state index contributed by atoms with van der Waals surface area (Å²) in [5.74, 6) is 0. The number of aryl methyl sites for hydroxylation is 3. The number of anilines is 1. The molecule has 0 aliphatic heterocycles. The van der Waals surface area contributed by atoms with E-state index in [0.29, 0.717) is 0 Å². The van der Waals surface area contributed by atoms with Gasteiger partial charge in [0.15, 0.2) is 0 Å². The van der Waals surface area contributed by atoms with E-state index >= 15 is 0 Å². The van der Waals surface area contributed by atoms with Gasteiger partial charge in [-0.25, -0.2) is 0 Å². The largest absolute Gasteiger partial charge is 0.360 e. The van der Waals surface area contributed by atoms with Gasteiger partial charge in [-0.1, -0.05) is 29.0 Å². The first-order valence-corrected chi connectivity index (χ1v) is 8.59. The number of benzene rings is 1. The van der Waals surface area contributed by atoms with Gasteiger partial charge in [0.05, 0.1) is 0 Å². The van der Waals surface area contributed by atoms with E-state index in [-0.39, 0.29) is 0 Å². The monoisotopic (exact) mass is 318 g/mol. The van der Waals surface area contributed by atoms with E-state index in [0.717, 1.165) is 29.6 Å². The predicted octanol–water partition coefficient (Wildman–Crippen LogP) is 3.88. The fraction of sp³-hybridized carbons (Fsp3) is 0.529. The molecule has 0 amide bonds. The highest BCUT2D eigenvalue weighted by Gasteiger charge is 2.12. The Morgan fingerprint density at radius 3 is 2.36 bits per heavy atom. The lowest BCUT2D eigenvalue weighted by Gasteiger charge is -2.08. The average Bonchev–Trinajstić information content (AvgIpc) is 2.85. The van der Waals surface area contributed by atoms with E-state index in [9.17, 15) is 0 Å². The van der Waals surface area contributed by atoms with E-state index < -0.39 is 0 Å². The molecule has 22 heavy (non-hydrogen) atoms. The Labute approximate surface area is 137 Å². The second-order valence-electron chi connectivity index (χ2n) is 6.12. The van der Waals surface area contributed by atoms with E-state index in [1.165, 1.54) is 28.7 Å². The lowest BCUT2D eigenvalue weighted by atomic mass is 10.0. The second kappa shape index (κ2) is 7.70. The highest BCUT2D eigenvalue weighted by Crippen LogP contribution is 2.32. The summed E-state index contributed by atoms with van der Waals surface area (Å²) < 4.78 is 0. The Kier molecular flexibility index (Phi) is 5.91. The van der Waals surface area contributed by atoms with Gasteiger partial charge in [-0.05, 0) is 65.4 Å². The molecule has 1 aromatic heterocycles. The van der Waals surface area contributed by atoms with Crippen molar-refractivity contribution in [2.24, 2.45) is 0 Å². The lowest BCUT2D eigenvalue weighted by Crippen LogP contribution is -2.14. The normalized spacial score (nSPS) is 11.2. The minimum atomic E-state index is 0.916. The quantitative estimate of drug-likeness (QED) is 0.787. The van der Waals surface area contributed by atoms with Crippen molar-refractivity contribution in [3.05, 3.63) is 28.8 Å². The number of unbranched alkanes of at least 4 members (excludes halogenated alkanes) is 1. The van der Waals surface area contributed by atoms with Crippen molar-refractivity contribution in [3.8, 4) is 10.6 Å². The molecule has 1 N–H and O–H groups in total. The summed E-state index contributed by atoms with van der Waals surface area (Å²) in [6, 6.07) is 4.41. The third-order valence-corrected chi connectivity index (χ3v) is 4.52. The van der Waals surface area contributed by atoms with Crippen molar-refractivity contribution < 1.29 is 0 Å². The minimum Gasteiger partial charge on any atom is -0.360 e. The van der Waals surface area contributed by atoms with Crippen molar-refractivity contribution in [2.45, 2.75) is 33.6 Å². The van der Waals surface area contributed by atoms with Crippen LogP contribution in [-0.2, 0) is 0 Å². The molecule has 1 heterocycles. The molecule has 0 spiro atoms. The van der Waals surface area contributed by atoms with Crippen molar-refractivity contribution in [3.63, 3.8) is 0 Å². The van der Waals surface area contributed by atoms with Crippen molar-refractivity contribution >= 4 is 16.5 Å². The van der Waals surface area contributed by atoms with Gasteiger partial charge in [-0.2, -0.15) is 0 Å². The predicted molar refractivity (Wildman–Crippen MR) is 95.8 cm³/mol. The molecule has 0 aliphatic rings. The van der Waals surface area contributed by atoms with Crippen LogP contribution in [0.25, 0.3) is 10.6 Å². The molecule has 0 fully saturated rings. The molecule has 2 aromatic rings. The molecule has 0 unspecified atom stereocenters. The summed E-state index contributed by atoms with van der Waals surface area (Å²) in [5, 5.41) is 13.9. The van der Waals surface area contributed by atoms with Crippen LogP contribution in [0.1, 0.15) is 29.5 Å². The smallest absolute Gasteiger partial charge is 0.206 e. The van der Waals surface area contributed by atoms with E-state index in [4.69, 9.17) is 0 Å². The SMILES string of the molecule is Cc1cc(C)c(-c2nnc(NCCCCN(C)C)s2)c(C)c1. The maximum Gasteiger partial charge on any atom is 0.206 e. The topological polar surface area (TPSA) is 41.1 Å². The molecular formula is C17H26N4S. The molecule has 2 rings (SSSR count). The highest BCUT2D eigenvalue weighted by atomic mass is 32.1. The van der Waals surface area contributed by atoms with Gasteiger partial charge in [0.2, 0.25) is 5.13 Å². The molecule has 4 nitrogen and oxygen atoms in total. The zero-order valence-corrected chi connectivity index (χ0v) is 15.0. The van der Waals surface area contributed by atoms with Crippen LogP contribution in [0.2, 0.25) is 0 Å². The fourth-order valence-corrected chi connectivity index (χ4v) is 3.61. The Morgan fingerprint density at radius 2 is 1.73 bits per heavy atom. The molecule has 1 aromatic carbocycles. The van der Waals surface area contributed by atoms with Crippen LogP contribution < -0.4 is 5.32 Å². The molecule has 0 saturated heterocycles. The standard InChI is InChI=1S/C17H26N4S/c1-12-10-13(2)15(14(3)11-12)16-19-20-17(22-16)18-8-6-7-9-21(4)5/h10-11H,6-9H2,1-5H3,(H,18,20). The summed E-state index contributed by atoms with van der Waals surface area (Å²) in [7, 11) is 4.22. The third-order valence-electron chi connectivity index (χ3n) is 3.62. The number of hydrogen-bond donors (Lipinski definition) is 1. The van der Waals surface area contributed by atoms with Gasteiger partial charge in [-0.3, -0.25) is 0 Å². The summed E-state index contributed by atoms with van der Waals surface area (Å²) in [5.41, 5.74) is 5.06. The van der Waals surface area contributed by atoms with Crippen LogP contribution in [0, 0.1) is 20.8 Å². The number of aromatic nitrogens is 2. The molecular weight excluding hydrogens is 292 g/mol. The number of hydrogen-bond acceptors (Lipinski definition) is 5. The van der Waals surface area contributed by atoms with Crippen LogP contribution in [0.3, 0.4) is 0 Å². The first-order chi connectivity index (χ1) is 10.5. The van der Waals surface area contributed by atoms with E-state index in [1.807, 2.05) is 0 Å². The maximum atomic E-state index is 4.36. The molecule has 0 radical (unpaired) electrons. The summed E-state index contributed by atoms with van der Waals surface area (Å²) in [6.45, 7) is 8.50. The molecule has 5 heteroatoms. The average molecular weight is 318 g/mol. The summed E-state index contributed by atoms with van der Waals surface area (Å²) in [4.78, 5) is 2.21. The van der Waals surface area contributed by atoms with Crippen LogP contribution in [-0.4, -0.2) is 42.3 Å². The zero-order chi connectivity index (χ0) is 16.1. The Morgan fingerprint density at radius 1 is 1.05 bits per heavy atom. The number of rotatable bonds is 7. The number of nitrogens with zero attached hydrogens (tertiary/aromatic N) is 3. The van der Waals surface area contributed by atoms with Gasteiger partial charge < -0.3 is 10.2 Å². The first kappa shape index (κ1) is 16.9. The van der Waals surface area contributed by atoms with Gasteiger partial charge in [0.1, 0.15) is 5.01 Å². The zero-order valence-electron chi connectivity index (χ0n) is 14.2. The molecule has 0 bridgehead atoms. The Bertz CT molecular complexity index is 596. The third kappa shape index (κ3) is 4.52. The van der Waals surface area contributed by atoms with Crippen LogP contribution in [0.5, 0.6) is 0 Å². The van der Waals surface area contributed by atoms with Crippen molar-refractivity contribution in [2.75, 3.05) is 32.5 Å². The molecule has 0 aliphatic carbocycles. The molecule has 0 atom stereocenters. The minimum absolute atomic E-state index is 0.916. The van der Waals surface area contributed by atoms with Crippen LogP contribution in [0.15, 0.2) is 12.1 Å². The van der Waals surface area contributed by atoms with Crippen LogP contribution >= 0.6 is 11.3 Å². The van der Waals surface area contributed by atoms with Gasteiger partial charge in [0, 0.05) is 12.1 Å². The Hall–Kier alpha value is -1.46. The van der Waals surface area contributed by atoms with Crippen molar-refractivity contribution in [1.82, 2.24) is 15.1 Å². The molecule has 120 valence electrons. The van der Waals surface area contributed by atoms with Gasteiger partial charge >= 0.3 is 0 Å². The van der Waals surface area contributed by atoms with E-state index in [2.05, 4.69) is 67.4 Å². The summed E-state index contributed by atoms with van der Waals surface area (Å²) in [6.07, 6.45) is 2.34.